The molecule has 1 fully saturated rings. The third-order valence-electron chi connectivity index (χ3n) is 9.14. The summed E-state index contributed by atoms with van der Waals surface area (Å²) < 4.78 is -0.624. The fourth-order valence-corrected chi connectivity index (χ4v) is 7.32. The van der Waals surface area contributed by atoms with E-state index in [4.69, 9.17) is 0 Å². The van der Waals surface area contributed by atoms with Gasteiger partial charge in [0.15, 0.2) is 6.10 Å². The van der Waals surface area contributed by atoms with E-state index in [9.17, 15) is 29.1 Å². The number of nitrogens with zero attached hydrogens (tertiary/aromatic N) is 1. The van der Waals surface area contributed by atoms with Gasteiger partial charge in [-0.1, -0.05) is 113 Å². The van der Waals surface area contributed by atoms with E-state index in [0.29, 0.717) is 17.7 Å². The maximum absolute atomic E-state index is 14.3. The molecular weight excluding hydrogens is 691 g/mol. The highest BCUT2D eigenvalue weighted by Crippen LogP contribution is 2.40. The van der Waals surface area contributed by atoms with Crippen LogP contribution in [0.3, 0.4) is 0 Å². The number of aliphatic hydroxyl groups excluding tert-OH is 1. The van der Waals surface area contributed by atoms with E-state index in [-0.39, 0.29) is 24.1 Å². The predicted molar refractivity (Wildman–Crippen MR) is 208 cm³/mol. The molecule has 1 heterocycles. The van der Waals surface area contributed by atoms with Crippen LogP contribution in [0.2, 0.25) is 0 Å². The zero-order valence-electron chi connectivity index (χ0n) is 31.6. The van der Waals surface area contributed by atoms with Crippen molar-refractivity contribution in [1.29, 1.82) is 0 Å². The van der Waals surface area contributed by atoms with Crippen LogP contribution in [0, 0.1) is 11.3 Å². The molecule has 4 rings (SSSR count). The van der Waals surface area contributed by atoms with Crippen LogP contribution in [0.4, 0.5) is 0 Å². The number of aliphatic hydroxyl groups is 1. The summed E-state index contributed by atoms with van der Waals surface area (Å²) in [6.45, 7) is 13.5. The van der Waals surface area contributed by atoms with Gasteiger partial charge in [-0.3, -0.25) is 24.0 Å². The minimum Gasteiger partial charge on any atom is -0.381 e. The van der Waals surface area contributed by atoms with Gasteiger partial charge >= 0.3 is 0 Å². The van der Waals surface area contributed by atoms with Gasteiger partial charge in [0, 0.05) is 16.9 Å². The number of amides is 5. The predicted octanol–water partition coefficient (Wildman–Crippen LogP) is 4.23. The SMILES string of the molecule is CC(C)CNC(=O)[C@H]1N(C(=O)[C@@H](O)[C@H](Cc2ccccc2)NC(=O)[C@@H](NC(=O)[C@@H](NC(=O)c2ccccc2)c2ccccc2)C(C)(C)C)CSC1(C)C. The highest BCUT2D eigenvalue weighted by Gasteiger charge is 2.50. The molecule has 1 saturated heterocycles. The molecule has 3 aromatic carbocycles. The first-order chi connectivity index (χ1) is 25.0. The summed E-state index contributed by atoms with van der Waals surface area (Å²) in [7, 11) is 0. The lowest BCUT2D eigenvalue weighted by Crippen LogP contribution is -2.62. The minimum absolute atomic E-state index is 0.0959. The van der Waals surface area contributed by atoms with E-state index >= 15 is 0 Å². The van der Waals surface area contributed by atoms with Crippen LogP contribution in [0.15, 0.2) is 91.0 Å². The molecule has 0 saturated carbocycles. The van der Waals surface area contributed by atoms with Crippen LogP contribution in [0.1, 0.15) is 76.0 Å². The van der Waals surface area contributed by atoms with Gasteiger partial charge in [0.05, 0.1) is 11.9 Å². The maximum atomic E-state index is 14.3. The summed E-state index contributed by atoms with van der Waals surface area (Å²) in [5.74, 6) is -2.30. The third-order valence-corrected chi connectivity index (χ3v) is 10.5. The number of thioether (sulfide) groups is 1. The van der Waals surface area contributed by atoms with Gasteiger partial charge in [0.25, 0.3) is 11.8 Å². The summed E-state index contributed by atoms with van der Waals surface area (Å²) in [5.41, 5.74) is 0.805. The largest absolute Gasteiger partial charge is 0.381 e. The van der Waals surface area contributed by atoms with Crippen LogP contribution >= 0.6 is 11.8 Å². The van der Waals surface area contributed by atoms with Crippen molar-refractivity contribution in [3.8, 4) is 0 Å². The molecule has 5 N–H and O–H groups in total. The fourth-order valence-electron chi connectivity index (χ4n) is 6.18. The van der Waals surface area contributed by atoms with Crippen LogP contribution < -0.4 is 21.3 Å². The Kier molecular flexibility index (Phi) is 13.9. The number of carbonyl (C=O) groups excluding carboxylic acids is 5. The number of carbonyl (C=O) groups is 5. The van der Waals surface area contributed by atoms with Crippen LogP contribution in [-0.4, -0.2) is 80.9 Å². The number of nitrogens with one attached hydrogen (secondary N) is 4. The van der Waals surface area contributed by atoms with Crippen molar-refractivity contribution < 1.29 is 29.1 Å². The number of hydrogen-bond acceptors (Lipinski definition) is 7. The van der Waals surface area contributed by atoms with Crippen molar-refractivity contribution in [1.82, 2.24) is 26.2 Å². The minimum atomic E-state index is -1.72. The molecule has 284 valence electrons. The van der Waals surface area contributed by atoms with Crippen LogP contribution in [0.5, 0.6) is 0 Å². The molecule has 0 unspecified atom stereocenters. The molecule has 0 spiro atoms. The molecule has 3 aromatic rings. The van der Waals surface area contributed by atoms with E-state index in [1.807, 2.05) is 58.0 Å². The summed E-state index contributed by atoms with van der Waals surface area (Å²) in [4.78, 5) is 70.5. The Hall–Kier alpha value is -4.68. The monoisotopic (exact) mass is 743 g/mol. The molecule has 11 nitrogen and oxygen atoms in total. The first-order valence-electron chi connectivity index (χ1n) is 18.0. The molecule has 5 amide bonds. The van der Waals surface area contributed by atoms with Crippen LogP contribution in [0.25, 0.3) is 0 Å². The molecule has 0 aliphatic carbocycles. The molecular formula is C41H53N5O6S. The van der Waals surface area contributed by atoms with E-state index in [2.05, 4.69) is 21.3 Å². The van der Waals surface area contributed by atoms with Crippen molar-refractivity contribution in [2.75, 3.05) is 12.4 Å². The van der Waals surface area contributed by atoms with Crippen molar-refractivity contribution in [2.45, 2.75) is 89.9 Å². The molecule has 53 heavy (non-hydrogen) atoms. The molecule has 12 heteroatoms. The van der Waals surface area contributed by atoms with Crippen molar-refractivity contribution in [3.63, 3.8) is 0 Å². The summed E-state index contributed by atoms with van der Waals surface area (Å²) >= 11 is 1.44. The van der Waals surface area contributed by atoms with Gasteiger partial charge < -0.3 is 31.3 Å². The quantitative estimate of drug-likeness (QED) is 0.166. The molecule has 0 aromatic heterocycles. The normalized spacial score (nSPS) is 17.6. The first-order valence-corrected chi connectivity index (χ1v) is 18.9. The molecule has 1 aliphatic rings. The Morgan fingerprint density at radius 2 is 1.40 bits per heavy atom. The zero-order chi connectivity index (χ0) is 38.9. The fraction of sp³-hybridized carbons (Fsp3) is 0.439. The van der Waals surface area contributed by atoms with E-state index < -0.39 is 64.1 Å². The molecule has 1 aliphatic heterocycles. The van der Waals surface area contributed by atoms with E-state index in [0.717, 1.165) is 5.56 Å². The smallest absolute Gasteiger partial charge is 0.254 e. The Labute approximate surface area is 317 Å². The van der Waals surface area contributed by atoms with Crippen LogP contribution in [-0.2, 0) is 25.6 Å². The Morgan fingerprint density at radius 3 is 1.96 bits per heavy atom. The van der Waals surface area contributed by atoms with Gasteiger partial charge in [-0.25, -0.2) is 0 Å². The van der Waals surface area contributed by atoms with Gasteiger partial charge in [-0.05, 0) is 54.9 Å². The lowest BCUT2D eigenvalue weighted by molar-refractivity contribution is -0.148. The van der Waals surface area contributed by atoms with E-state index in [1.165, 1.54) is 16.7 Å². The van der Waals surface area contributed by atoms with E-state index in [1.54, 1.807) is 81.4 Å². The van der Waals surface area contributed by atoms with Crippen molar-refractivity contribution in [3.05, 3.63) is 108 Å². The summed E-state index contributed by atoms with van der Waals surface area (Å²) in [5, 5.41) is 23.3. The second kappa shape index (κ2) is 17.9. The molecule has 0 radical (unpaired) electrons. The first kappa shape index (κ1) is 41.1. The number of hydrogen-bond donors (Lipinski definition) is 5. The average Bonchev–Trinajstić information content (AvgIpc) is 3.45. The maximum Gasteiger partial charge on any atom is 0.254 e. The van der Waals surface area contributed by atoms with Gasteiger partial charge in [0.1, 0.15) is 18.1 Å². The summed E-state index contributed by atoms with van der Waals surface area (Å²) in [6, 6.07) is 22.2. The Bertz CT molecular complexity index is 1710. The Morgan fingerprint density at radius 1 is 0.830 bits per heavy atom. The Balaban J connectivity index is 1.61. The third kappa shape index (κ3) is 10.9. The second-order valence-corrected chi connectivity index (χ2v) is 17.1. The zero-order valence-corrected chi connectivity index (χ0v) is 32.4. The van der Waals surface area contributed by atoms with Crippen molar-refractivity contribution in [2.24, 2.45) is 11.3 Å². The topological polar surface area (TPSA) is 157 Å². The van der Waals surface area contributed by atoms with Gasteiger partial charge in [-0.2, -0.15) is 0 Å². The van der Waals surface area contributed by atoms with Gasteiger partial charge in [0.2, 0.25) is 17.7 Å². The lowest BCUT2D eigenvalue weighted by atomic mass is 9.85. The second-order valence-electron chi connectivity index (χ2n) is 15.5. The van der Waals surface area contributed by atoms with Gasteiger partial charge in [-0.15, -0.1) is 11.8 Å². The average molecular weight is 744 g/mol. The summed E-state index contributed by atoms with van der Waals surface area (Å²) in [6.07, 6.45) is -1.62. The lowest BCUT2D eigenvalue weighted by Gasteiger charge is -2.35. The van der Waals surface area contributed by atoms with Crippen molar-refractivity contribution >= 4 is 41.3 Å². The number of rotatable bonds is 14. The standard InChI is InChI=1S/C41H53N5O6S/c1-26(2)24-42-38(51)34-41(6,7)53-25-46(34)39(52)32(47)30(23-27-17-11-8-12-18-27)43-37(50)33(40(3,4)5)45-36(49)31(28-19-13-9-14-20-28)44-35(48)29-21-15-10-16-22-29/h8-22,26,30-34,47H,23-25H2,1-7H3,(H,42,51)(H,43,50)(H,44,48)(H,45,49)/t30-,31-,32-,33+,34+/m0/s1. The number of benzene rings is 3. The highest BCUT2D eigenvalue weighted by atomic mass is 32.2. The molecule has 5 atom stereocenters. The molecule has 0 bridgehead atoms. The highest BCUT2D eigenvalue weighted by molar-refractivity contribution is 8.00.